The Morgan fingerprint density at radius 3 is 2.21 bits per heavy atom. The van der Waals surface area contributed by atoms with Crippen LogP contribution in [-0.2, 0) is 55.9 Å². The lowest BCUT2D eigenvalue weighted by molar-refractivity contribution is -0.271. The number of carbonyl (C=O) groups is 4. The van der Waals surface area contributed by atoms with Crippen LogP contribution in [0.25, 0.3) is 0 Å². The summed E-state index contributed by atoms with van der Waals surface area (Å²) < 4.78 is 32.7. The van der Waals surface area contributed by atoms with E-state index in [2.05, 4.69) is 10.6 Å². The van der Waals surface area contributed by atoms with Crippen molar-refractivity contribution in [3.63, 3.8) is 0 Å². The first-order valence-corrected chi connectivity index (χ1v) is 17.3. The van der Waals surface area contributed by atoms with Crippen molar-refractivity contribution >= 4 is 46.8 Å². The van der Waals surface area contributed by atoms with E-state index in [1.165, 1.54) is 0 Å². The van der Waals surface area contributed by atoms with Crippen LogP contribution < -0.4 is 15.4 Å². The number of carboxylic acids is 1. The van der Waals surface area contributed by atoms with Crippen molar-refractivity contribution in [2.24, 2.45) is 0 Å². The summed E-state index contributed by atoms with van der Waals surface area (Å²) in [5, 5.41) is 45.0. The van der Waals surface area contributed by atoms with Crippen molar-refractivity contribution < 1.29 is 68.0 Å². The fourth-order valence-electron chi connectivity index (χ4n) is 4.55. The lowest BCUT2D eigenvalue weighted by atomic mass is 9.99. The zero-order valence-electron chi connectivity index (χ0n) is 26.8. The smallest absolute Gasteiger partial charge is 0.335 e. The van der Waals surface area contributed by atoms with Gasteiger partial charge in [-0.3, -0.25) is 14.4 Å². The highest BCUT2D eigenvalue weighted by molar-refractivity contribution is 14.1. The van der Waals surface area contributed by atoms with Gasteiger partial charge in [-0.25, -0.2) is 4.79 Å². The SMILES string of the molecule is O=COCc1cc(CCCOCCOCCOCCNC(=O)CCCCCNC(=O)CI)ccc1O[C@@H]1O[C@H](C(=O)O)[C@@H](O)[C@H](O)[C@H]1O. The van der Waals surface area contributed by atoms with E-state index in [0.717, 1.165) is 24.8 Å². The van der Waals surface area contributed by atoms with Crippen LogP contribution in [0.3, 0.4) is 0 Å². The van der Waals surface area contributed by atoms with Gasteiger partial charge < -0.3 is 59.5 Å². The van der Waals surface area contributed by atoms with Gasteiger partial charge in [0.15, 0.2) is 6.10 Å². The summed E-state index contributed by atoms with van der Waals surface area (Å²) >= 11 is 2.01. The Hall–Kier alpha value is -2.65. The molecule has 1 heterocycles. The van der Waals surface area contributed by atoms with Gasteiger partial charge in [0, 0.05) is 31.7 Å². The number of alkyl halides is 1. The second-order valence-corrected chi connectivity index (χ2v) is 11.5. The van der Waals surface area contributed by atoms with Crippen LogP contribution in [-0.4, -0.2) is 133 Å². The molecule has 6 N–H and O–H groups in total. The maximum absolute atomic E-state index is 11.8. The molecule has 48 heavy (non-hydrogen) atoms. The Morgan fingerprint density at radius 2 is 1.52 bits per heavy atom. The predicted octanol–water partition coefficient (Wildman–Crippen LogP) is -0.159. The molecule has 1 fully saturated rings. The number of aryl methyl sites for hydroxylation is 1. The first-order valence-electron chi connectivity index (χ1n) is 15.8. The van der Waals surface area contributed by atoms with Crippen LogP contribution in [0.2, 0.25) is 0 Å². The molecular formula is C31H47IN2O14. The Balaban J connectivity index is 1.55. The molecule has 1 aromatic rings. The van der Waals surface area contributed by atoms with Gasteiger partial charge in [-0.15, -0.1) is 0 Å². The maximum Gasteiger partial charge on any atom is 0.335 e. The number of hydrogen-bond acceptors (Lipinski definition) is 13. The van der Waals surface area contributed by atoms with E-state index in [1.807, 2.05) is 22.6 Å². The highest BCUT2D eigenvalue weighted by Crippen LogP contribution is 2.28. The minimum Gasteiger partial charge on any atom is -0.479 e. The Morgan fingerprint density at radius 1 is 0.833 bits per heavy atom. The molecule has 0 aromatic heterocycles. The molecule has 272 valence electrons. The molecule has 0 radical (unpaired) electrons. The maximum atomic E-state index is 11.8. The number of ether oxygens (including phenoxy) is 6. The Labute approximate surface area is 292 Å². The number of aliphatic carboxylic acids is 1. The molecular weight excluding hydrogens is 751 g/mol. The third kappa shape index (κ3) is 16.2. The van der Waals surface area contributed by atoms with E-state index in [9.17, 15) is 39.6 Å². The van der Waals surface area contributed by atoms with E-state index in [1.54, 1.807) is 18.2 Å². The van der Waals surface area contributed by atoms with Gasteiger partial charge in [-0.05, 0) is 43.4 Å². The largest absolute Gasteiger partial charge is 0.479 e. The van der Waals surface area contributed by atoms with Crippen molar-refractivity contribution in [2.45, 2.75) is 75.8 Å². The quantitative estimate of drug-likeness (QED) is 0.0310. The van der Waals surface area contributed by atoms with E-state index < -0.39 is 36.7 Å². The molecule has 0 unspecified atom stereocenters. The Bertz CT molecular complexity index is 1110. The number of hydrogen-bond donors (Lipinski definition) is 6. The molecule has 16 nitrogen and oxygen atoms in total. The lowest BCUT2D eigenvalue weighted by Crippen LogP contribution is -2.61. The Kier molecular flexibility index (Phi) is 21.2. The fourth-order valence-corrected chi connectivity index (χ4v) is 4.82. The van der Waals surface area contributed by atoms with Gasteiger partial charge in [-0.1, -0.05) is 35.1 Å². The van der Waals surface area contributed by atoms with Gasteiger partial charge >= 0.3 is 5.97 Å². The van der Waals surface area contributed by atoms with Gasteiger partial charge in [0.05, 0.1) is 37.5 Å². The summed E-state index contributed by atoms with van der Waals surface area (Å²) in [4.78, 5) is 45.2. The number of rotatable bonds is 26. The molecule has 17 heteroatoms. The highest BCUT2D eigenvalue weighted by Gasteiger charge is 2.48. The average molecular weight is 799 g/mol. The zero-order valence-corrected chi connectivity index (χ0v) is 28.9. The number of carbonyl (C=O) groups excluding carboxylic acids is 3. The molecule has 0 spiro atoms. The third-order valence-electron chi connectivity index (χ3n) is 7.08. The fraction of sp³-hybridized carbons (Fsp3) is 0.677. The van der Waals surface area contributed by atoms with Crippen molar-refractivity contribution in [2.75, 3.05) is 57.2 Å². The molecule has 2 amide bonds. The molecule has 0 saturated carbocycles. The van der Waals surface area contributed by atoms with Crippen LogP contribution >= 0.6 is 22.6 Å². The number of nitrogens with one attached hydrogen (secondary N) is 2. The number of aliphatic hydroxyl groups is 3. The first-order chi connectivity index (χ1) is 23.2. The molecule has 1 aliphatic heterocycles. The van der Waals surface area contributed by atoms with E-state index in [-0.39, 0.29) is 30.6 Å². The normalized spacial score (nSPS) is 20.5. The van der Waals surface area contributed by atoms with Gasteiger partial charge in [0.25, 0.3) is 6.47 Å². The third-order valence-corrected chi connectivity index (χ3v) is 7.77. The zero-order chi connectivity index (χ0) is 35.1. The van der Waals surface area contributed by atoms with Gasteiger partial charge in [0.2, 0.25) is 18.1 Å². The van der Waals surface area contributed by atoms with E-state index >= 15 is 0 Å². The summed E-state index contributed by atoms with van der Waals surface area (Å²) in [6.07, 6.45) is -4.57. The molecule has 2 rings (SSSR count). The number of benzene rings is 1. The minimum absolute atomic E-state index is 0.0202. The van der Waals surface area contributed by atoms with Crippen LogP contribution in [0.15, 0.2) is 18.2 Å². The van der Waals surface area contributed by atoms with Gasteiger partial charge in [0.1, 0.15) is 30.7 Å². The van der Waals surface area contributed by atoms with Crippen molar-refractivity contribution in [1.82, 2.24) is 10.6 Å². The van der Waals surface area contributed by atoms with Gasteiger partial charge in [-0.2, -0.15) is 0 Å². The molecule has 5 atom stereocenters. The van der Waals surface area contributed by atoms with Crippen LogP contribution in [0, 0.1) is 0 Å². The summed E-state index contributed by atoms with van der Waals surface area (Å²) in [6, 6.07) is 5.01. The summed E-state index contributed by atoms with van der Waals surface area (Å²) in [5.74, 6) is -1.39. The number of aliphatic hydroxyl groups excluding tert-OH is 3. The monoisotopic (exact) mass is 798 g/mol. The number of amides is 2. The van der Waals surface area contributed by atoms with Crippen molar-refractivity contribution in [1.29, 1.82) is 0 Å². The summed E-state index contributed by atoms with van der Waals surface area (Å²) in [7, 11) is 0. The predicted molar refractivity (Wildman–Crippen MR) is 176 cm³/mol. The topological polar surface area (TPSA) is 229 Å². The minimum atomic E-state index is -1.85. The number of carboxylic acid groups (broad SMARTS) is 1. The molecule has 0 bridgehead atoms. The van der Waals surface area contributed by atoms with Crippen molar-refractivity contribution in [3.8, 4) is 5.75 Å². The lowest BCUT2D eigenvalue weighted by Gasteiger charge is -2.38. The molecule has 1 aliphatic rings. The molecule has 1 aromatic carbocycles. The first kappa shape index (κ1) is 41.5. The summed E-state index contributed by atoms with van der Waals surface area (Å²) in [5.41, 5.74) is 1.29. The number of unbranched alkanes of at least 4 members (excludes halogenated alkanes) is 2. The van der Waals surface area contributed by atoms with E-state index in [4.69, 9.17) is 28.4 Å². The second kappa shape index (κ2) is 24.5. The number of halogens is 1. The van der Waals surface area contributed by atoms with Crippen molar-refractivity contribution in [3.05, 3.63) is 29.3 Å². The van der Waals surface area contributed by atoms with Crippen LogP contribution in [0.5, 0.6) is 5.75 Å². The second-order valence-electron chi connectivity index (χ2n) is 10.8. The molecule has 0 aliphatic carbocycles. The average Bonchev–Trinajstić information content (AvgIpc) is 3.07. The standard InChI is InChI=1S/C31H47IN2O14/c32-18-25(37)33-9-3-1-2-6-24(36)34-10-12-44-14-16-45-15-13-43-11-4-5-21-7-8-23(22(17-21)19-46-20-35)47-31-28(40)26(38)27(39)29(48-31)30(41)42/h7-8,17,20,26-29,31,38-40H,1-6,9-16,18-19H2,(H,33,37)(H,34,36)(H,41,42)/t26-,27-,28+,29-,31+/m0/s1. The van der Waals surface area contributed by atoms with E-state index in [0.29, 0.717) is 82.0 Å². The van der Waals surface area contributed by atoms with Crippen LogP contribution in [0.1, 0.15) is 43.2 Å². The molecule has 1 saturated heterocycles. The summed E-state index contributed by atoms with van der Waals surface area (Å²) in [6.45, 7) is 3.58. The van der Waals surface area contributed by atoms with Crippen LogP contribution in [0.4, 0.5) is 0 Å². The highest BCUT2D eigenvalue weighted by atomic mass is 127.